The Morgan fingerprint density at radius 1 is 1.13 bits per heavy atom. The number of hydrogen-bond donors (Lipinski definition) is 2. The van der Waals surface area contributed by atoms with Crippen molar-refractivity contribution in [1.82, 2.24) is 5.32 Å². The second-order valence-electron chi connectivity index (χ2n) is 5.29. The molecule has 0 unspecified atom stereocenters. The molecule has 0 aliphatic heterocycles. The molecule has 0 aliphatic rings. The number of aliphatic hydroxyl groups is 1. The largest absolute Gasteiger partial charge is 0.490 e. The van der Waals surface area contributed by atoms with Gasteiger partial charge in [-0.1, -0.05) is 60.5 Å². The molecule has 0 spiro atoms. The molecule has 0 radical (unpaired) electrons. The quantitative estimate of drug-likeness (QED) is 0.728. The van der Waals surface area contributed by atoms with Gasteiger partial charge < -0.3 is 15.2 Å². The monoisotopic (exact) mass is 353 g/mol. The summed E-state index contributed by atoms with van der Waals surface area (Å²) in [6.07, 6.45) is 0.349. The zero-order valence-corrected chi connectivity index (χ0v) is 14.6. The first-order valence-corrected chi connectivity index (χ1v) is 8.41. The fourth-order valence-corrected chi connectivity index (χ4v) is 2.84. The summed E-state index contributed by atoms with van der Waals surface area (Å²) in [6.45, 7) is 3.63. The number of halogens is 2. The molecule has 124 valence electrons. The maximum absolute atomic E-state index is 10.1. The number of ether oxygens (including phenoxy) is 1. The minimum atomic E-state index is -0.547. The number of aliphatic hydroxyl groups excluding tert-OH is 1. The predicted molar refractivity (Wildman–Crippen MR) is 95.4 cm³/mol. The van der Waals surface area contributed by atoms with E-state index in [1.54, 1.807) is 0 Å². The smallest absolute Gasteiger partial charge is 0.156 e. The van der Waals surface area contributed by atoms with Crippen LogP contribution in [-0.2, 0) is 6.54 Å². The van der Waals surface area contributed by atoms with Crippen molar-refractivity contribution in [3.05, 3.63) is 63.6 Å². The maximum atomic E-state index is 10.1. The van der Waals surface area contributed by atoms with Crippen molar-refractivity contribution in [3.63, 3.8) is 0 Å². The van der Waals surface area contributed by atoms with E-state index in [2.05, 4.69) is 5.32 Å². The third-order valence-corrected chi connectivity index (χ3v) is 3.92. The van der Waals surface area contributed by atoms with Crippen LogP contribution < -0.4 is 10.1 Å². The van der Waals surface area contributed by atoms with Gasteiger partial charge >= 0.3 is 0 Å². The van der Waals surface area contributed by atoms with Crippen LogP contribution in [0.2, 0.25) is 10.0 Å². The normalized spacial score (nSPS) is 12.2. The van der Waals surface area contributed by atoms with Gasteiger partial charge in [0, 0.05) is 13.1 Å². The van der Waals surface area contributed by atoms with Crippen LogP contribution in [0.25, 0.3) is 0 Å². The Kier molecular flexibility index (Phi) is 7.18. The highest BCUT2D eigenvalue weighted by Crippen LogP contribution is 2.34. The van der Waals surface area contributed by atoms with Crippen molar-refractivity contribution in [2.24, 2.45) is 0 Å². The van der Waals surface area contributed by atoms with Crippen molar-refractivity contribution >= 4 is 23.2 Å². The summed E-state index contributed by atoms with van der Waals surface area (Å²) in [5.41, 5.74) is 1.84. The Balaban J connectivity index is 1.91. The lowest BCUT2D eigenvalue weighted by molar-refractivity contribution is 0.174. The van der Waals surface area contributed by atoms with E-state index in [1.165, 1.54) is 0 Å². The summed E-state index contributed by atoms with van der Waals surface area (Å²) in [4.78, 5) is 0. The molecular formula is C18H21Cl2NO2. The zero-order valence-electron chi connectivity index (χ0n) is 13.1. The highest BCUT2D eigenvalue weighted by molar-refractivity contribution is 6.37. The van der Waals surface area contributed by atoms with Gasteiger partial charge in [0.2, 0.25) is 0 Å². The molecule has 0 heterocycles. The van der Waals surface area contributed by atoms with E-state index in [0.717, 1.165) is 17.5 Å². The molecule has 0 fully saturated rings. The van der Waals surface area contributed by atoms with Crippen LogP contribution in [0.15, 0.2) is 42.5 Å². The molecule has 5 heteroatoms. The average Bonchev–Trinajstić information content (AvgIpc) is 2.55. The Bertz CT molecular complexity index is 597. The van der Waals surface area contributed by atoms with Crippen molar-refractivity contribution in [3.8, 4) is 5.75 Å². The predicted octanol–water partition coefficient (Wildman–Crippen LogP) is 4.61. The van der Waals surface area contributed by atoms with Crippen LogP contribution in [0.3, 0.4) is 0 Å². The highest BCUT2D eigenvalue weighted by atomic mass is 35.5. The molecular weight excluding hydrogens is 333 g/mol. The number of nitrogens with one attached hydrogen (secondary N) is 1. The standard InChI is InChI=1S/C18H21Cl2NO2/c1-2-8-23-18-15(19)9-13(10-16(18)20)11-21-12-17(22)14-6-4-3-5-7-14/h3-7,9-10,17,21-22H,2,8,11-12H2,1H3/t17-/m1/s1. The van der Waals surface area contributed by atoms with Gasteiger partial charge in [0.15, 0.2) is 5.75 Å². The summed E-state index contributed by atoms with van der Waals surface area (Å²) in [5, 5.41) is 14.3. The van der Waals surface area contributed by atoms with Crippen molar-refractivity contribution < 1.29 is 9.84 Å². The molecule has 0 aromatic heterocycles. The third-order valence-electron chi connectivity index (χ3n) is 3.36. The van der Waals surface area contributed by atoms with Gasteiger partial charge in [-0.05, 0) is 29.7 Å². The van der Waals surface area contributed by atoms with Crippen LogP contribution in [0.5, 0.6) is 5.75 Å². The summed E-state index contributed by atoms with van der Waals surface area (Å²) < 4.78 is 5.55. The highest BCUT2D eigenvalue weighted by Gasteiger charge is 2.10. The third kappa shape index (κ3) is 5.40. The van der Waals surface area contributed by atoms with E-state index < -0.39 is 6.10 Å². The topological polar surface area (TPSA) is 41.5 Å². The molecule has 1 atom stereocenters. The van der Waals surface area contributed by atoms with Crippen LogP contribution >= 0.6 is 23.2 Å². The van der Waals surface area contributed by atoms with Gasteiger partial charge in [-0.3, -0.25) is 0 Å². The van der Waals surface area contributed by atoms with Gasteiger partial charge in [0.25, 0.3) is 0 Å². The first-order valence-electron chi connectivity index (χ1n) is 7.66. The fraction of sp³-hybridized carbons (Fsp3) is 0.333. The Morgan fingerprint density at radius 3 is 2.39 bits per heavy atom. The zero-order chi connectivity index (χ0) is 16.7. The lowest BCUT2D eigenvalue weighted by Gasteiger charge is -2.14. The molecule has 3 nitrogen and oxygen atoms in total. The summed E-state index contributed by atoms with van der Waals surface area (Å²) in [7, 11) is 0. The lowest BCUT2D eigenvalue weighted by Crippen LogP contribution is -2.21. The molecule has 23 heavy (non-hydrogen) atoms. The Morgan fingerprint density at radius 2 is 1.78 bits per heavy atom. The van der Waals surface area contributed by atoms with Crippen molar-refractivity contribution in [2.75, 3.05) is 13.2 Å². The lowest BCUT2D eigenvalue weighted by atomic mass is 10.1. The molecule has 2 rings (SSSR count). The maximum Gasteiger partial charge on any atom is 0.156 e. The van der Waals surface area contributed by atoms with Crippen LogP contribution in [0.1, 0.15) is 30.6 Å². The Labute approximate surface area is 147 Å². The molecule has 0 saturated carbocycles. The second kappa shape index (κ2) is 9.14. The van der Waals surface area contributed by atoms with Crippen molar-refractivity contribution in [2.45, 2.75) is 26.0 Å². The number of benzene rings is 2. The van der Waals surface area contributed by atoms with Crippen LogP contribution in [0.4, 0.5) is 0 Å². The first kappa shape index (κ1) is 18.1. The molecule has 2 N–H and O–H groups in total. The molecule has 2 aromatic rings. The molecule has 0 bridgehead atoms. The fourth-order valence-electron chi connectivity index (χ4n) is 2.20. The van der Waals surface area contributed by atoms with E-state index >= 15 is 0 Å². The summed E-state index contributed by atoms with van der Waals surface area (Å²) >= 11 is 12.4. The molecule has 0 amide bonds. The van der Waals surface area contributed by atoms with E-state index in [0.29, 0.717) is 35.5 Å². The molecule has 0 saturated heterocycles. The van der Waals surface area contributed by atoms with E-state index in [9.17, 15) is 5.11 Å². The molecule has 0 aliphatic carbocycles. The van der Waals surface area contributed by atoms with E-state index in [4.69, 9.17) is 27.9 Å². The first-order chi connectivity index (χ1) is 11.1. The van der Waals surface area contributed by atoms with E-state index in [1.807, 2.05) is 49.4 Å². The number of hydrogen-bond acceptors (Lipinski definition) is 3. The van der Waals surface area contributed by atoms with E-state index in [-0.39, 0.29) is 0 Å². The van der Waals surface area contributed by atoms with Gasteiger partial charge in [-0.15, -0.1) is 0 Å². The van der Waals surface area contributed by atoms with Gasteiger partial charge in [0.1, 0.15) is 0 Å². The second-order valence-corrected chi connectivity index (χ2v) is 6.11. The summed E-state index contributed by atoms with van der Waals surface area (Å²) in [5.74, 6) is 0.531. The Hall–Kier alpha value is -1.26. The summed E-state index contributed by atoms with van der Waals surface area (Å²) in [6, 6.07) is 13.2. The van der Waals surface area contributed by atoms with Gasteiger partial charge in [-0.2, -0.15) is 0 Å². The van der Waals surface area contributed by atoms with Crippen LogP contribution in [-0.4, -0.2) is 18.3 Å². The van der Waals surface area contributed by atoms with Gasteiger partial charge in [0.05, 0.1) is 22.8 Å². The minimum Gasteiger partial charge on any atom is -0.490 e. The van der Waals surface area contributed by atoms with Crippen LogP contribution in [0, 0.1) is 0 Å². The molecule has 2 aromatic carbocycles. The minimum absolute atomic E-state index is 0.452. The van der Waals surface area contributed by atoms with Gasteiger partial charge in [-0.25, -0.2) is 0 Å². The average molecular weight is 354 g/mol. The number of rotatable bonds is 8. The SMILES string of the molecule is CCCOc1c(Cl)cc(CNC[C@@H](O)c2ccccc2)cc1Cl. The van der Waals surface area contributed by atoms with Crippen molar-refractivity contribution in [1.29, 1.82) is 0 Å².